The van der Waals surface area contributed by atoms with E-state index in [2.05, 4.69) is 15.6 Å². The summed E-state index contributed by atoms with van der Waals surface area (Å²) in [7, 11) is 4.78. The molecule has 2 rings (SSSR count). The van der Waals surface area contributed by atoms with Gasteiger partial charge in [0, 0.05) is 20.1 Å². The predicted molar refractivity (Wildman–Crippen MR) is 108 cm³/mol. The normalized spacial score (nSPS) is 10.6. The minimum absolute atomic E-state index is 0. The highest BCUT2D eigenvalue weighted by molar-refractivity contribution is 14.0. The third-order valence-electron chi connectivity index (χ3n) is 3.49. The summed E-state index contributed by atoms with van der Waals surface area (Å²) < 4.78 is 23.8. The lowest BCUT2D eigenvalue weighted by Crippen LogP contribution is -2.36. The molecule has 25 heavy (non-hydrogen) atoms. The van der Waals surface area contributed by atoms with Gasteiger partial charge in [0.05, 0.1) is 14.2 Å². The maximum Gasteiger partial charge on any atom is 0.191 e. The van der Waals surface area contributed by atoms with Crippen LogP contribution in [-0.2, 0) is 13.1 Å². The molecule has 0 saturated heterocycles. The number of guanidine groups is 1. The number of nitrogens with zero attached hydrogens (tertiary/aromatic N) is 1. The van der Waals surface area contributed by atoms with E-state index in [4.69, 9.17) is 9.47 Å². The summed E-state index contributed by atoms with van der Waals surface area (Å²) in [5.74, 6) is 1.30. The van der Waals surface area contributed by atoms with Crippen LogP contribution in [0.3, 0.4) is 0 Å². The van der Waals surface area contributed by atoms with Crippen molar-refractivity contribution in [3.63, 3.8) is 0 Å². The second kappa shape index (κ2) is 10.8. The number of rotatable bonds is 6. The molecule has 136 valence electrons. The van der Waals surface area contributed by atoms with Gasteiger partial charge in [-0.25, -0.2) is 4.39 Å². The van der Waals surface area contributed by atoms with E-state index in [0.29, 0.717) is 19.0 Å². The molecule has 5 nitrogen and oxygen atoms in total. The van der Waals surface area contributed by atoms with Crippen molar-refractivity contribution < 1.29 is 13.9 Å². The Balaban J connectivity index is 0.00000312. The van der Waals surface area contributed by atoms with Gasteiger partial charge in [0.25, 0.3) is 0 Å². The molecule has 0 saturated carbocycles. The molecule has 0 radical (unpaired) electrons. The molecule has 2 aromatic rings. The molecule has 0 atom stereocenters. The van der Waals surface area contributed by atoms with Crippen molar-refractivity contribution in [1.29, 1.82) is 0 Å². The van der Waals surface area contributed by atoms with Crippen LogP contribution in [0, 0.1) is 5.82 Å². The lowest BCUT2D eigenvalue weighted by Gasteiger charge is -2.13. The topological polar surface area (TPSA) is 54.9 Å². The standard InChI is InChI=1S/C18H22FN3O2.HI/c1-20-18(21-11-13-5-4-6-15(9-13)23-2)22-12-14-7-8-17(24-3)16(19)10-14;/h4-10H,11-12H2,1-3H3,(H2,20,21,22);1H. The summed E-state index contributed by atoms with van der Waals surface area (Å²) in [6.45, 7) is 1.06. The van der Waals surface area contributed by atoms with Crippen LogP contribution in [0.15, 0.2) is 47.5 Å². The van der Waals surface area contributed by atoms with Gasteiger partial charge in [0.1, 0.15) is 5.75 Å². The van der Waals surface area contributed by atoms with E-state index >= 15 is 0 Å². The van der Waals surface area contributed by atoms with Gasteiger partial charge >= 0.3 is 0 Å². The van der Waals surface area contributed by atoms with Crippen molar-refractivity contribution in [2.45, 2.75) is 13.1 Å². The molecular weight excluding hydrogens is 436 g/mol. The molecular formula is C18H23FIN3O2. The molecule has 0 amide bonds. The van der Waals surface area contributed by atoms with Gasteiger partial charge in [-0.2, -0.15) is 0 Å². The molecule has 0 bridgehead atoms. The highest BCUT2D eigenvalue weighted by Crippen LogP contribution is 2.17. The zero-order valence-corrected chi connectivity index (χ0v) is 16.8. The average Bonchev–Trinajstić information content (AvgIpc) is 2.62. The lowest BCUT2D eigenvalue weighted by atomic mass is 10.2. The van der Waals surface area contributed by atoms with Gasteiger partial charge in [-0.1, -0.05) is 18.2 Å². The third kappa shape index (κ3) is 6.41. The van der Waals surface area contributed by atoms with Gasteiger partial charge in [-0.05, 0) is 35.4 Å². The Hall–Kier alpha value is -2.03. The first-order chi connectivity index (χ1) is 11.7. The van der Waals surface area contributed by atoms with Gasteiger partial charge in [-0.3, -0.25) is 4.99 Å². The van der Waals surface area contributed by atoms with Crippen molar-refractivity contribution in [1.82, 2.24) is 10.6 Å². The average molecular weight is 459 g/mol. The van der Waals surface area contributed by atoms with E-state index in [0.717, 1.165) is 16.9 Å². The molecule has 0 spiro atoms. The number of aliphatic imine (C=N–C) groups is 1. The summed E-state index contributed by atoms with van der Waals surface area (Å²) >= 11 is 0. The van der Waals surface area contributed by atoms with Gasteiger partial charge < -0.3 is 20.1 Å². The maximum atomic E-state index is 13.7. The predicted octanol–water partition coefficient (Wildman–Crippen LogP) is 3.33. The summed E-state index contributed by atoms with van der Waals surface area (Å²) in [6, 6.07) is 12.7. The number of nitrogens with one attached hydrogen (secondary N) is 2. The third-order valence-corrected chi connectivity index (χ3v) is 3.49. The Bertz CT molecular complexity index is 710. The van der Waals surface area contributed by atoms with E-state index in [9.17, 15) is 4.39 Å². The summed E-state index contributed by atoms with van der Waals surface area (Å²) in [4.78, 5) is 4.16. The van der Waals surface area contributed by atoms with Crippen LogP contribution in [0.5, 0.6) is 11.5 Å². The number of ether oxygens (including phenoxy) is 2. The molecule has 0 heterocycles. The van der Waals surface area contributed by atoms with Gasteiger partial charge in [0.15, 0.2) is 17.5 Å². The molecule has 2 N–H and O–H groups in total. The molecule has 0 aromatic heterocycles. The fourth-order valence-corrected chi connectivity index (χ4v) is 2.19. The summed E-state index contributed by atoms with van der Waals surface area (Å²) in [6.07, 6.45) is 0. The second-order valence-corrected chi connectivity index (χ2v) is 5.10. The Labute approximate surface area is 164 Å². The van der Waals surface area contributed by atoms with Crippen LogP contribution in [0.2, 0.25) is 0 Å². The van der Waals surface area contributed by atoms with Crippen molar-refractivity contribution >= 4 is 29.9 Å². The van der Waals surface area contributed by atoms with Crippen LogP contribution in [-0.4, -0.2) is 27.2 Å². The molecule has 0 fully saturated rings. The Morgan fingerprint density at radius 1 is 1.00 bits per heavy atom. The maximum absolute atomic E-state index is 13.7. The molecule has 0 aliphatic rings. The molecule has 2 aromatic carbocycles. The minimum Gasteiger partial charge on any atom is -0.497 e. The Morgan fingerprint density at radius 3 is 2.24 bits per heavy atom. The minimum atomic E-state index is -0.379. The van der Waals surface area contributed by atoms with Gasteiger partial charge in [-0.15, -0.1) is 24.0 Å². The molecule has 0 aliphatic heterocycles. The van der Waals surface area contributed by atoms with Crippen molar-refractivity contribution in [3.8, 4) is 11.5 Å². The van der Waals surface area contributed by atoms with Crippen LogP contribution < -0.4 is 20.1 Å². The number of hydrogen-bond donors (Lipinski definition) is 2. The first kappa shape index (κ1) is 21.0. The van der Waals surface area contributed by atoms with Crippen LogP contribution in [0.1, 0.15) is 11.1 Å². The Morgan fingerprint density at radius 2 is 1.68 bits per heavy atom. The summed E-state index contributed by atoms with van der Waals surface area (Å²) in [5, 5.41) is 6.36. The molecule has 0 aliphatic carbocycles. The smallest absolute Gasteiger partial charge is 0.191 e. The monoisotopic (exact) mass is 459 g/mol. The zero-order chi connectivity index (χ0) is 17.4. The lowest BCUT2D eigenvalue weighted by molar-refractivity contribution is 0.386. The van der Waals surface area contributed by atoms with E-state index in [1.807, 2.05) is 30.3 Å². The van der Waals surface area contributed by atoms with Crippen LogP contribution >= 0.6 is 24.0 Å². The SMILES string of the molecule is CN=C(NCc1cccc(OC)c1)NCc1ccc(OC)c(F)c1.I. The van der Waals surface area contributed by atoms with E-state index in [1.165, 1.54) is 13.2 Å². The Kier molecular flexibility index (Phi) is 9.04. The fourth-order valence-electron chi connectivity index (χ4n) is 2.19. The van der Waals surface area contributed by atoms with Crippen LogP contribution in [0.4, 0.5) is 4.39 Å². The highest BCUT2D eigenvalue weighted by atomic mass is 127. The first-order valence-electron chi connectivity index (χ1n) is 7.56. The molecule has 7 heteroatoms. The van der Waals surface area contributed by atoms with Crippen molar-refractivity contribution in [3.05, 3.63) is 59.4 Å². The number of halogens is 2. The largest absolute Gasteiger partial charge is 0.497 e. The van der Waals surface area contributed by atoms with Crippen LogP contribution in [0.25, 0.3) is 0 Å². The first-order valence-corrected chi connectivity index (χ1v) is 7.56. The molecule has 0 unspecified atom stereocenters. The van der Waals surface area contributed by atoms with E-state index < -0.39 is 0 Å². The second-order valence-electron chi connectivity index (χ2n) is 5.10. The number of methoxy groups -OCH3 is 2. The summed E-state index contributed by atoms with van der Waals surface area (Å²) in [5.41, 5.74) is 1.88. The van der Waals surface area contributed by atoms with E-state index in [-0.39, 0.29) is 35.5 Å². The zero-order valence-electron chi connectivity index (χ0n) is 14.5. The fraction of sp³-hybridized carbons (Fsp3) is 0.278. The van der Waals surface area contributed by atoms with Gasteiger partial charge in [0.2, 0.25) is 0 Å². The number of hydrogen-bond acceptors (Lipinski definition) is 3. The quantitative estimate of drug-likeness (QED) is 0.396. The highest BCUT2D eigenvalue weighted by Gasteiger charge is 2.05. The van der Waals surface area contributed by atoms with Crippen molar-refractivity contribution in [2.24, 2.45) is 4.99 Å². The van der Waals surface area contributed by atoms with E-state index in [1.54, 1.807) is 20.2 Å². The van der Waals surface area contributed by atoms with Crippen molar-refractivity contribution in [2.75, 3.05) is 21.3 Å². The number of benzene rings is 2.